The number of benzene rings is 2. The van der Waals surface area contributed by atoms with Crippen molar-refractivity contribution >= 4 is 34.9 Å². The van der Waals surface area contributed by atoms with E-state index >= 15 is 0 Å². The Balaban J connectivity index is 1.88. The van der Waals surface area contributed by atoms with Gasteiger partial charge in [-0.25, -0.2) is 0 Å². The molecule has 2 aromatic rings. The second kappa shape index (κ2) is 9.79. The predicted molar refractivity (Wildman–Crippen MR) is 113 cm³/mol. The quantitative estimate of drug-likeness (QED) is 0.439. The molecular formula is C20H26N4S. The van der Waals surface area contributed by atoms with Crippen molar-refractivity contribution in [1.29, 1.82) is 0 Å². The highest BCUT2D eigenvalue weighted by molar-refractivity contribution is 7.80. The van der Waals surface area contributed by atoms with Gasteiger partial charge in [-0.15, -0.1) is 0 Å². The molecule has 25 heavy (non-hydrogen) atoms. The highest BCUT2D eigenvalue weighted by atomic mass is 32.1. The fourth-order valence-electron chi connectivity index (χ4n) is 2.55. The van der Waals surface area contributed by atoms with Crippen molar-refractivity contribution in [2.75, 3.05) is 23.8 Å². The molecule has 0 atom stereocenters. The van der Waals surface area contributed by atoms with Crippen molar-refractivity contribution in [3.63, 3.8) is 0 Å². The second-order valence-electron chi connectivity index (χ2n) is 5.85. The SMILES string of the molecule is CCCN(C)c1ccc(C=NNC(=S)Nc2ccccc2CC)cc1. The fourth-order valence-corrected chi connectivity index (χ4v) is 2.71. The maximum Gasteiger partial charge on any atom is 0.191 e. The van der Waals surface area contributed by atoms with Crippen molar-refractivity contribution < 1.29 is 0 Å². The Morgan fingerprint density at radius 2 is 1.84 bits per heavy atom. The number of hydrazone groups is 1. The van der Waals surface area contributed by atoms with Crippen LogP contribution in [0.15, 0.2) is 53.6 Å². The van der Waals surface area contributed by atoms with Crippen molar-refractivity contribution in [1.82, 2.24) is 5.43 Å². The zero-order chi connectivity index (χ0) is 18.1. The third kappa shape index (κ3) is 5.87. The minimum atomic E-state index is 0.483. The normalized spacial score (nSPS) is 10.7. The molecule has 0 saturated carbocycles. The van der Waals surface area contributed by atoms with Gasteiger partial charge >= 0.3 is 0 Å². The summed E-state index contributed by atoms with van der Waals surface area (Å²) in [4.78, 5) is 2.24. The topological polar surface area (TPSA) is 39.7 Å². The lowest BCUT2D eigenvalue weighted by Gasteiger charge is -2.18. The summed E-state index contributed by atoms with van der Waals surface area (Å²) in [5.41, 5.74) is 7.34. The summed E-state index contributed by atoms with van der Waals surface area (Å²) in [6.45, 7) is 5.35. The highest BCUT2D eigenvalue weighted by Gasteiger charge is 2.01. The van der Waals surface area contributed by atoms with Gasteiger partial charge in [0.15, 0.2) is 5.11 Å². The lowest BCUT2D eigenvalue weighted by atomic mass is 10.1. The van der Waals surface area contributed by atoms with Crippen LogP contribution in [-0.4, -0.2) is 24.9 Å². The van der Waals surface area contributed by atoms with Gasteiger partial charge in [0.05, 0.1) is 6.21 Å². The van der Waals surface area contributed by atoms with E-state index in [4.69, 9.17) is 12.2 Å². The maximum atomic E-state index is 5.30. The third-order valence-corrected chi connectivity index (χ3v) is 4.11. The lowest BCUT2D eigenvalue weighted by molar-refractivity contribution is 0.852. The first-order chi connectivity index (χ1) is 12.1. The standard InChI is InChI=1S/C20H26N4S/c1-4-14-24(3)18-12-10-16(11-13-18)15-21-23-20(25)22-19-9-7-6-8-17(19)5-2/h6-13,15H,4-5,14H2,1-3H3,(H2,22,23,25). The van der Waals surface area contributed by atoms with E-state index in [1.54, 1.807) is 6.21 Å². The number of aryl methyl sites for hydroxylation is 1. The molecule has 132 valence electrons. The monoisotopic (exact) mass is 354 g/mol. The molecular weight excluding hydrogens is 328 g/mol. The van der Waals surface area contributed by atoms with Crippen LogP contribution in [0.1, 0.15) is 31.4 Å². The van der Waals surface area contributed by atoms with Crippen molar-refractivity contribution in [2.24, 2.45) is 5.10 Å². The van der Waals surface area contributed by atoms with Crippen LogP contribution >= 0.6 is 12.2 Å². The average molecular weight is 355 g/mol. The Labute approximate surface area is 155 Å². The summed E-state index contributed by atoms with van der Waals surface area (Å²) >= 11 is 5.30. The zero-order valence-corrected chi connectivity index (χ0v) is 15.9. The Kier molecular flexibility index (Phi) is 7.41. The van der Waals surface area contributed by atoms with E-state index in [9.17, 15) is 0 Å². The average Bonchev–Trinajstić information content (AvgIpc) is 2.63. The highest BCUT2D eigenvalue weighted by Crippen LogP contribution is 2.15. The molecule has 0 aliphatic heterocycles. The number of para-hydroxylation sites is 1. The van der Waals surface area contributed by atoms with E-state index in [0.717, 1.165) is 30.6 Å². The zero-order valence-electron chi connectivity index (χ0n) is 15.1. The largest absolute Gasteiger partial charge is 0.375 e. The molecule has 2 N–H and O–H groups in total. The van der Waals surface area contributed by atoms with Crippen LogP contribution in [0.4, 0.5) is 11.4 Å². The molecule has 0 spiro atoms. The van der Waals surface area contributed by atoms with E-state index in [1.807, 2.05) is 18.2 Å². The van der Waals surface area contributed by atoms with Gasteiger partial charge in [0, 0.05) is 25.0 Å². The lowest BCUT2D eigenvalue weighted by Crippen LogP contribution is -2.24. The fraction of sp³-hybridized carbons (Fsp3) is 0.300. The molecule has 5 heteroatoms. The number of hydrogen-bond acceptors (Lipinski definition) is 3. The Morgan fingerprint density at radius 1 is 1.12 bits per heavy atom. The van der Waals surface area contributed by atoms with Crippen LogP contribution in [0.5, 0.6) is 0 Å². The molecule has 4 nitrogen and oxygen atoms in total. The second-order valence-corrected chi connectivity index (χ2v) is 6.26. The summed E-state index contributed by atoms with van der Waals surface area (Å²) in [7, 11) is 2.10. The van der Waals surface area contributed by atoms with Crippen LogP contribution in [-0.2, 0) is 6.42 Å². The first kappa shape index (κ1) is 18.9. The summed E-state index contributed by atoms with van der Waals surface area (Å²) in [5.74, 6) is 0. The number of hydrogen-bond donors (Lipinski definition) is 2. The Hall–Kier alpha value is -2.40. The van der Waals surface area contributed by atoms with Gasteiger partial charge in [0.2, 0.25) is 0 Å². The predicted octanol–water partition coefficient (Wildman–Crippen LogP) is 4.42. The molecule has 0 aliphatic rings. The van der Waals surface area contributed by atoms with Crippen molar-refractivity contribution in [2.45, 2.75) is 26.7 Å². The summed E-state index contributed by atoms with van der Waals surface area (Å²) in [6, 6.07) is 16.4. The van der Waals surface area contributed by atoms with Crippen LogP contribution in [0.2, 0.25) is 0 Å². The number of anilines is 2. The van der Waals surface area contributed by atoms with E-state index in [-0.39, 0.29) is 0 Å². The molecule has 0 bridgehead atoms. The third-order valence-electron chi connectivity index (χ3n) is 3.92. The van der Waals surface area contributed by atoms with E-state index < -0.39 is 0 Å². The number of thiocarbonyl (C=S) groups is 1. The van der Waals surface area contributed by atoms with Crippen LogP contribution in [0, 0.1) is 0 Å². The van der Waals surface area contributed by atoms with Crippen molar-refractivity contribution in [3.8, 4) is 0 Å². The minimum Gasteiger partial charge on any atom is -0.375 e. The van der Waals surface area contributed by atoms with Crippen LogP contribution < -0.4 is 15.6 Å². The first-order valence-corrected chi connectivity index (χ1v) is 9.04. The van der Waals surface area contributed by atoms with Gasteiger partial charge in [0.1, 0.15) is 0 Å². The molecule has 0 saturated heterocycles. The molecule has 0 amide bonds. The van der Waals surface area contributed by atoms with Crippen LogP contribution in [0.3, 0.4) is 0 Å². The van der Waals surface area contributed by atoms with E-state index in [2.05, 4.69) is 72.0 Å². The summed E-state index contributed by atoms with van der Waals surface area (Å²) in [5, 5.41) is 7.88. The minimum absolute atomic E-state index is 0.483. The van der Waals surface area contributed by atoms with Gasteiger partial charge in [-0.2, -0.15) is 5.10 Å². The Bertz CT molecular complexity index is 710. The van der Waals surface area contributed by atoms with Gasteiger partial charge < -0.3 is 10.2 Å². The summed E-state index contributed by atoms with van der Waals surface area (Å²) < 4.78 is 0. The molecule has 0 fully saturated rings. The van der Waals surface area contributed by atoms with Gasteiger partial charge in [-0.05, 0) is 54.4 Å². The molecule has 0 aliphatic carbocycles. The smallest absolute Gasteiger partial charge is 0.191 e. The molecule has 0 heterocycles. The molecule has 0 radical (unpaired) electrons. The molecule has 0 unspecified atom stereocenters. The van der Waals surface area contributed by atoms with Crippen molar-refractivity contribution in [3.05, 3.63) is 59.7 Å². The molecule has 2 rings (SSSR count). The Morgan fingerprint density at radius 3 is 2.52 bits per heavy atom. The van der Waals surface area contributed by atoms with E-state index in [0.29, 0.717) is 5.11 Å². The summed E-state index contributed by atoms with van der Waals surface area (Å²) in [6.07, 6.45) is 3.85. The van der Waals surface area contributed by atoms with Gasteiger partial charge in [0.25, 0.3) is 0 Å². The van der Waals surface area contributed by atoms with Crippen LogP contribution in [0.25, 0.3) is 0 Å². The van der Waals surface area contributed by atoms with E-state index in [1.165, 1.54) is 11.3 Å². The number of nitrogens with zero attached hydrogens (tertiary/aromatic N) is 2. The molecule has 2 aromatic carbocycles. The number of nitrogens with one attached hydrogen (secondary N) is 2. The van der Waals surface area contributed by atoms with Gasteiger partial charge in [-0.1, -0.05) is 44.2 Å². The maximum absolute atomic E-state index is 5.30. The number of rotatable bonds is 7. The first-order valence-electron chi connectivity index (χ1n) is 8.63. The molecule has 0 aromatic heterocycles. The van der Waals surface area contributed by atoms with Gasteiger partial charge in [-0.3, -0.25) is 5.43 Å².